The lowest BCUT2D eigenvalue weighted by Gasteiger charge is -2.19. The minimum absolute atomic E-state index is 0.813. The summed E-state index contributed by atoms with van der Waals surface area (Å²) in [7, 11) is 0. The van der Waals surface area contributed by atoms with Gasteiger partial charge in [0.15, 0.2) is 0 Å². The van der Waals surface area contributed by atoms with E-state index in [1.165, 1.54) is 43.7 Å². The molecule has 0 spiro atoms. The average molecular weight is 176 g/mol. The van der Waals surface area contributed by atoms with Crippen molar-refractivity contribution >= 4 is 0 Å². The van der Waals surface area contributed by atoms with Crippen LogP contribution in [-0.4, -0.2) is 9.55 Å². The van der Waals surface area contributed by atoms with Crippen LogP contribution in [0.2, 0.25) is 0 Å². The number of hydrogen-bond acceptors (Lipinski definition) is 1. The summed E-state index contributed by atoms with van der Waals surface area (Å²) in [4.78, 5) is 4.71. The topological polar surface area (TPSA) is 17.8 Å². The highest BCUT2D eigenvalue weighted by Crippen LogP contribution is 2.39. The zero-order chi connectivity index (χ0) is 8.84. The van der Waals surface area contributed by atoms with Gasteiger partial charge in [-0.05, 0) is 25.2 Å². The van der Waals surface area contributed by atoms with Gasteiger partial charge < -0.3 is 4.57 Å². The highest BCUT2D eigenvalue weighted by molar-refractivity contribution is 5.15. The Morgan fingerprint density at radius 1 is 1.38 bits per heavy atom. The number of fused-ring (bicyclic) bond motifs is 1. The molecule has 1 atom stereocenters. The Kier molecular flexibility index (Phi) is 1.52. The molecule has 0 unspecified atom stereocenters. The molecule has 1 aliphatic carbocycles. The molecule has 2 aliphatic rings. The fourth-order valence-electron chi connectivity index (χ4n) is 2.21. The molecule has 0 radical (unpaired) electrons. The number of hydrogen-bond donors (Lipinski definition) is 0. The van der Waals surface area contributed by atoms with Crippen LogP contribution in [0, 0.1) is 5.92 Å². The van der Waals surface area contributed by atoms with E-state index in [1.54, 1.807) is 0 Å². The van der Waals surface area contributed by atoms with E-state index in [2.05, 4.69) is 17.7 Å². The van der Waals surface area contributed by atoms with Crippen LogP contribution in [0.4, 0.5) is 0 Å². The number of imidazole rings is 1. The minimum atomic E-state index is 0.813. The summed E-state index contributed by atoms with van der Waals surface area (Å²) in [5, 5.41) is 0. The third-order valence-corrected chi connectivity index (χ3v) is 3.24. The molecule has 2 heterocycles. The normalized spacial score (nSPS) is 27.3. The Morgan fingerprint density at radius 2 is 2.23 bits per heavy atom. The monoisotopic (exact) mass is 176 g/mol. The zero-order valence-corrected chi connectivity index (χ0v) is 8.16. The molecule has 0 amide bonds. The largest absolute Gasteiger partial charge is 0.334 e. The van der Waals surface area contributed by atoms with Gasteiger partial charge in [0.2, 0.25) is 0 Å². The van der Waals surface area contributed by atoms with Crippen LogP contribution in [0.5, 0.6) is 0 Å². The Morgan fingerprint density at radius 3 is 3.00 bits per heavy atom. The van der Waals surface area contributed by atoms with Crippen molar-refractivity contribution in [3.8, 4) is 0 Å². The first-order valence-corrected chi connectivity index (χ1v) is 5.39. The quantitative estimate of drug-likeness (QED) is 0.642. The Balaban J connectivity index is 1.93. The molecular formula is C11H16N2. The van der Waals surface area contributed by atoms with Crippen molar-refractivity contribution < 1.29 is 0 Å². The van der Waals surface area contributed by atoms with Gasteiger partial charge in [-0.25, -0.2) is 4.98 Å². The molecule has 13 heavy (non-hydrogen) atoms. The van der Waals surface area contributed by atoms with E-state index < -0.39 is 0 Å². The molecule has 1 saturated carbocycles. The summed E-state index contributed by atoms with van der Waals surface area (Å²) in [6.45, 7) is 3.52. The highest BCUT2D eigenvalue weighted by Gasteiger charge is 2.28. The molecule has 0 saturated heterocycles. The smallest absolute Gasteiger partial charge is 0.108 e. The van der Waals surface area contributed by atoms with Gasteiger partial charge in [-0.15, -0.1) is 0 Å². The van der Waals surface area contributed by atoms with Crippen molar-refractivity contribution in [1.82, 2.24) is 9.55 Å². The summed E-state index contributed by atoms with van der Waals surface area (Å²) in [6, 6.07) is 0. The molecule has 1 fully saturated rings. The second kappa shape index (κ2) is 2.60. The van der Waals surface area contributed by atoms with E-state index in [0.717, 1.165) is 11.8 Å². The third kappa shape index (κ3) is 1.28. The molecule has 2 nitrogen and oxygen atoms in total. The van der Waals surface area contributed by atoms with Crippen LogP contribution in [0.3, 0.4) is 0 Å². The SMILES string of the molecule is C[C@@H]1CCc2nc(C3CC3)cn2C1. The van der Waals surface area contributed by atoms with Crippen LogP contribution in [0.15, 0.2) is 6.20 Å². The van der Waals surface area contributed by atoms with Crippen molar-refractivity contribution in [2.45, 2.75) is 45.1 Å². The van der Waals surface area contributed by atoms with Gasteiger partial charge in [-0.1, -0.05) is 6.92 Å². The Bertz CT molecular complexity index is 323. The van der Waals surface area contributed by atoms with Crippen molar-refractivity contribution in [2.75, 3.05) is 0 Å². The first kappa shape index (κ1) is 7.60. The predicted octanol–water partition coefficient (Wildman–Crippen LogP) is 2.34. The van der Waals surface area contributed by atoms with Gasteiger partial charge >= 0.3 is 0 Å². The van der Waals surface area contributed by atoms with Crippen molar-refractivity contribution in [3.63, 3.8) is 0 Å². The minimum Gasteiger partial charge on any atom is -0.334 e. The van der Waals surface area contributed by atoms with E-state index >= 15 is 0 Å². The van der Waals surface area contributed by atoms with Gasteiger partial charge in [-0.3, -0.25) is 0 Å². The number of aromatic nitrogens is 2. The highest BCUT2D eigenvalue weighted by atomic mass is 15.1. The first-order chi connectivity index (χ1) is 6.33. The van der Waals surface area contributed by atoms with Crippen molar-refractivity contribution in [3.05, 3.63) is 17.7 Å². The van der Waals surface area contributed by atoms with Crippen LogP contribution >= 0.6 is 0 Å². The first-order valence-electron chi connectivity index (χ1n) is 5.39. The van der Waals surface area contributed by atoms with E-state index in [1.807, 2.05) is 0 Å². The Labute approximate surface area is 79.0 Å². The molecule has 0 aromatic carbocycles. The number of rotatable bonds is 1. The Hall–Kier alpha value is -0.790. The second-order valence-corrected chi connectivity index (χ2v) is 4.65. The standard InChI is InChI=1S/C11H16N2/c1-8-2-5-11-12-10(9-3-4-9)7-13(11)6-8/h7-9H,2-6H2,1H3/t8-/m1/s1. The van der Waals surface area contributed by atoms with Gasteiger partial charge in [0.05, 0.1) is 5.69 Å². The van der Waals surface area contributed by atoms with Crippen LogP contribution in [0.25, 0.3) is 0 Å². The molecule has 1 aliphatic heterocycles. The molecular weight excluding hydrogens is 160 g/mol. The van der Waals surface area contributed by atoms with Gasteiger partial charge in [0.25, 0.3) is 0 Å². The molecule has 0 bridgehead atoms. The summed E-state index contributed by atoms with van der Waals surface area (Å²) < 4.78 is 2.38. The van der Waals surface area contributed by atoms with Crippen molar-refractivity contribution in [2.24, 2.45) is 5.92 Å². The summed E-state index contributed by atoms with van der Waals surface area (Å²) >= 11 is 0. The molecule has 2 heteroatoms. The number of nitrogens with zero attached hydrogens (tertiary/aromatic N) is 2. The summed E-state index contributed by atoms with van der Waals surface area (Å²) in [6.07, 6.45) is 7.54. The van der Waals surface area contributed by atoms with Crippen LogP contribution < -0.4 is 0 Å². The van der Waals surface area contributed by atoms with Crippen molar-refractivity contribution in [1.29, 1.82) is 0 Å². The molecule has 70 valence electrons. The molecule has 3 rings (SSSR count). The van der Waals surface area contributed by atoms with E-state index in [9.17, 15) is 0 Å². The van der Waals surface area contributed by atoms with E-state index in [-0.39, 0.29) is 0 Å². The van der Waals surface area contributed by atoms with Gasteiger partial charge in [0, 0.05) is 25.1 Å². The fraction of sp³-hybridized carbons (Fsp3) is 0.727. The van der Waals surface area contributed by atoms with Crippen LogP contribution in [-0.2, 0) is 13.0 Å². The molecule has 1 aromatic heterocycles. The fourth-order valence-corrected chi connectivity index (χ4v) is 2.21. The van der Waals surface area contributed by atoms with Gasteiger partial charge in [0.1, 0.15) is 5.82 Å². The third-order valence-electron chi connectivity index (χ3n) is 3.24. The summed E-state index contributed by atoms with van der Waals surface area (Å²) in [5.74, 6) is 2.99. The number of aryl methyl sites for hydroxylation is 1. The lowest BCUT2D eigenvalue weighted by atomic mass is 10.0. The lowest BCUT2D eigenvalue weighted by molar-refractivity contribution is 0.394. The predicted molar refractivity (Wildman–Crippen MR) is 51.7 cm³/mol. The maximum Gasteiger partial charge on any atom is 0.108 e. The zero-order valence-electron chi connectivity index (χ0n) is 8.16. The maximum atomic E-state index is 4.71. The molecule has 1 aromatic rings. The average Bonchev–Trinajstić information content (AvgIpc) is 2.87. The molecule has 0 N–H and O–H groups in total. The van der Waals surface area contributed by atoms with E-state index in [4.69, 9.17) is 4.98 Å². The summed E-state index contributed by atoms with van der Waals surface area (Å²) in [5.41, 5.74) is 1.36. The van der Waals surface area contributed by atoms with E-state index in [0.29, 0.717) is 0 Å². The maximum absolute atomic E-state index is 4.71. The second-order valence-electron chi connectivity index (χ2n) is 4.65. The van der Waals surface area contributed by atoms with Crippen LogP contribution in [0.1, 0.15) is 43.6 Å². The lowest BCUT2D eigenvalue weighted by Crippen LogP contribution is -2.17. The van der Waals surface area contributed by atoms with Gasteiger partial charge in [-0.2, -0.15) is 0 Å².